The number of rotatable bonds is 5. The predicted molar refractivity (Wildman–Crippen MR) is 102 cm³/mol. The molecule has 0 spiro atoms. The van der Waals surface area contributed by atoms with E-state index in [-0.39, 0.29) is 18.1 Å². The van der Waals surface area contributed by atoms with Crippen molar-refractivity contribution in [2.45, 2.75) is 12.2 Å². The molecule has 0 fully saturated rings. The third-order valence-electron chi connectivity index (χ3n) is 4.63. The maximum Gasteiger partial charge on any atom is 0.416 e. The van der Waals surface area contributed by atoms with Gasteiger partial charge >= 0.3 is 6.18 Å². The van der Waals surface area contributed by atoms with Gasteiger partial charge in [-0.15, -0.1) is 0 Å². The fraction of sp³-hybridized carbons (Fsp3) is 0.250. The van der Waals surface area contributed by atoms with Crippen LogP contribution in [0.1, 0.15) is 17.2 Å². The Labute approximate surface area is 161 Å². The number of hydrogen-bond donors (Lipinski definition) is 3. The van der Waals surface area contributed by atoms with Gasteiger partial charge in [0.15, 0.2) is 0 Å². The molecule has 4 N–H and O–H groups in total. The summed E-state index contributed by atoms with van der Waals surface area (Å²) in [6.07, 6.45) is -4.44. The summed E-state index contributed by atoms with van der Waals surface area (Å²) in [7, 11) is 3.38. The van der Waals surface area contributed by atoms with Gasteiger partial charge in [-0.3, -0.25) is 4.79 Å². The normalized spacial score (nSPS) is 15.9. The molecular formula is C20H21F3N4O. The lowest BCUT2D eigenvalue weighted by atomic mass is 9.97. The average molecular weight is 390 g/mol. The number of alkyl halides is 3. The molecule has 0 bridgehead atoms. The Bertz CT molecular complexity index is 906. The Morgan fingerprint density at radius 2 is 1.82 bits per heavy atom. The van der Waals surface area contributed by atoms with Crippen molar-refractivity contribution < 1.29 is 18.0 Å². The fourth-order valence-corrected chi connectivity index (χ4v) is 3.25. The van der Waals surface area contributed by atoms with Crippen molar-refractivity contribution in [2.24, 2.45) is 0 Å². The molecule has 148 valence electrons. The number of nitrogens with two attached hydrogens (primary N) is 1. The van der Waals surface area contributed by atoms with Crippen LogP contribution in [0, 0.1) is 0 Å². The third kappa shape index (κ3) is 3.96. The molecule has 0 saturated heterocycles. The molecule has 1 heterocycles. The lowest BCUT2D eigenvalue weighted by Crippen LogP contribution is -2.28. The Hall–Kier alpha value is -3.00. The zero-order valence-corrected chi connectivity index (χ0v) is 15.5. The lowest BCUT2D eigenvalue weighted by molar-refractivity contribution is -0.137. The number of carbonyl (C=O) groups excluding carboxylic acids is 1. The second-order valence-corrected chi connectivity index (χ2v) is 6.65. The van der Waals surface area contributed by atoms with E-state index in [0.717, 1.165) is 17.7 Å². The second kappa shape index (κ2) is 7.55. The molecular weight excluding hydrogens is 369 g/mol. The fourth-order valence-electron chi connectivity index (χ4n) is 3.25. The number of hydrogen-bond acceptors (Lipinski definition) is 4. The van der Waals surface area contributed by atoms with Gasteiger partial charge in [-0.1, -0.05) is 18.2 Å². The number of carbonyl (C=O) groups is 1. The molecule has 1 aliphatic heterocycles. The number of likely N-dealkylation sites (N-methyl/N-ethyl adjacent to an activating group) is 2. The summed E-state index contributed by atoms with van der Waals surface area (Å²) in [6, 6.07) is 11.6. The van der Waals surface area contributed by atoms with E-state index in [4.69, 9.17) is 5.73 Å². The van der Waals surface area contributed by atoms with E-state index in [1.165, 1.54) is 11.0 Å². The summed E-state index contributed by atoms with van der Waals surface area (Å²) in [6.45, 7) is 0.275. The minimum Gasteiger partial charge on any atom is -0.399 e. The van der Waals surface area contributed by atoms with Crippen LogP contribution in [-0.2, 0) is 11.0 Å². The smallest absolute Gasteiger partial charge is 0.399 e. The van der Waals surface area contributed by atoms with Crippen LogP contribution in [0.5, 0.6) is 0 Å². The monoisotopic (exact) mass is 390 g/mol. The van der Waals surface area contributed by atoms with Crippen LogP contribution in [0.15, 0.2) is 59.8 Å². The minimum absolute atomic E-state index is 0.189. The molecule has 0 unspecified atom stereocenters. The van der Waals surface area contributed by atoms with Gasteiger partial charge in [0, 0.05) is 24.1 Å². The first-order chi connectivity index (χ1) is 13.2. The number of nitrogens with one attached hydrogen (secondary N) is 2. The van der Waals surface area contributed by atoms with Crippen molar-refractivity contribution in [1.29, 1.82) is 0 Å². The van der Waals surface area contributed by atoms with E-state index in [0.29, 0.717) is 17.0 Å². The molecule has 1 amide bonds. The van der Waals surface area contributed by atoms with Gasteiger partial charge in [0.25, 0.3) is 5.91 Å². The van der Waals surface area contributed by atoms with Crippen LogP contribution in [0.4, 0.5) is 24.5 Å². The van der Waals surface area contributed by atoms with Crippen molar-refractivity contribution in [3.05, 3.63) is 70.9 Å². The van der Waals surface area contributed by atoms with Crippen LogP contribution in [0.3, 0.4) is 0 Å². The number of amides is 1. The molecule has 8 heteroatoms. The second-order valence-electron chi connectivity index (χ2n) is 6.65. The minimum atomic E-state index is -4.44. The topological polar surface area (TPSA) is 70.4 Å². The maximum absolute atomic E-state index is 13.0. The van der Waals surface area contributed by atoms with Gasteiger partial charge in [-0.05, 0) is 42.9 Å². The molecule has 5 nitrogen and oxygen atoms in total. The summed E-state index contributed by atoms with van der Waals surface area (Å²) in [5, 5.41) is 6.13. The van der Waals surface area contributed by atoms with Crippen molar-refractivity contribution in [3.8, 4) is 0 Å². The van der Waals surface area contributed by atoms with Gasteiger partial charge < -0.3 is 21.3 Å². The summed E-state index contributed by atoms with van der Waals surface area (Å²) >= 11 is 0. The molecule has 1 atom stereocenters. The molecule has 0 aromatic heterocycles. The highest BCUT2D eigenvalue weighted by molar-refractivity contribution is 5.99. The van der Waals surface area contributed by atoms with Gasteiger partial charge in [0.2, 0.25) is 0 Å². The van der Waals surface area contributed by atoms with E-state index in [1.54, 1.807) is 32.3 Å². The SMILES string of the molecule is CN[C@@H](C1=C(Nc2cccc(C(F)(F)F)c2)CN(C)C1=O)c1ccc(N)cc1. The van der Waals surface area contributed by atoms with E-state index < -0.39 is 17.8 Å². The molecule has 0 radical (unpaired) electrons. The molecule has 2 aromatic rings. The maximum atomic E-state index is 13.0. The van der Waals surface area contributed by atoms with Gasteiger partial charge in [-0.25, -0.2) is 0 Å². The van der Waals surface area contributed by atoms with Gasteiger partial charge in [-0.2, -0.15) is 13.2 Å². The first kappa shape index (κ1) is 19.8. The molecule has 0 aliphatic carbocycles. The molecule has 3 rings (SSSR count). The van der Waals surface area contributed by atoms with E-state index in [1.807, 2.05) is 12.1 Å². The number of halogens is 3. The average Bonchev–Trinajstić information content (AvgIpc) is 2.91. The highest BCUT2D eigenvalue weighted by Crippen LogP contribution is 2.34. The standard InChI is InChI=1S/C20H21F3N4O/c1-25-18(12-6-8-14(24)9-7-12)17-16(11-27(2)19(17)28)26-15-5-3-4-13(10-15)20(21,22)23/h3-10,18,25-26H,11,24H2,1-2H3/t18-/m1/s1. The van der Waals surface area contributed by atoms with E-state index in [2.05, 4.69) is 10.6 Å². The Morgan fingerprint density at radius 1 is 1.14 bits per heavy atom. The summed E-state index contributed by atoms with van der Waals surface area (Å²) in [5.74, 6) is -0.189. The number of anilines is 2. The summed E-state index contributed by atoms with van der Waals surface area (Å²) < 4.78 is 39.0. The molecule has 28 heavy (non-hydrogen) atoms. The van der Waals surface area contributed by atoms with Crippen molar-refractivity contribution in [1.82, 2.24) is 10.2 Å². The van der Waals surface area contributed by atoms with Gasteiger partial charge in [0.05, 0.1) is 23.7 Å². The first-order valence-electron chi connectivity index (χ1n) is 8.66. The molecule has 2 aromatic carbocycles. The molecule has 1 aliphatic rings. The largest absolute Gasteiger partial charge is 0.416 e. The zero-order chi connectivity index (χ0) is 20.5. The first-order valence-corrected chi connectivity index (χ1v) is 8.66. The van der Waals surface area contributed by atoms with Crippen molar-refractivity contribution in [3.63, 3.8) is 0 Å². The highest BCUT2D eigenvalue weighted by atomic mass is 19.4. The Kier molecular flexibility index (Phi) is 5.33. The van der Waals surface area contributed by atoms with Crippen LogP contribution in [-0.4, -0.2) is 31.4 Å². The highest BCUT2D eigenvalue weighted by Gasteiger charge is 2.34. The van der Waals surface area contributed by atoms with Crippen molar-refractivity contribution >= 4 is 17.3 Å². The lowest BCUT2D eigenvalue weighted by Gasteiger charge is -2.20. The Balaban J connectivity index is 1.99. The quantitative estimate of drug-likeness (QED) is 0.685. The third-order valence-corrected chi connectivity index (χ3v) is 4.63. The summed E-state index contributed by atoms with van der Waals surface area (Å²) in [4.78, 5) is 14.3. The summed E-state index contributed by atoms with van der Waals surface area (Å²) in [5.41, 5.74) is 7.72. The Morgan fingerprint density at radius 3 is 2.43 bits per heavy atom. The predicted octanol–water partition coefficient (Wildman–Crippen LogP) is 3.39. The van der Waals surface area contributed by atoms with Crippen molar-refractivity contribution in [2.75, 3.05) is 31.7 Å². The zero-order valence-electron chi connectivity index (χ0n) is 15.5. The van der Waals surface area contributed by atoms with Crippen LogP contribution in [0.2, 0.25) is 0 Å². The number of nitrogen functional groups attached to an aromatic ring is 1. The van der Waals surface area contributed by atoms with Gasteiger partial charge in [0.1, 0.15) is 0 Å². The number of nitrogens with zero attached hydrogens (tertiary/aromatic N) is 1. The van der Waals surface area contributed by atoms with E-state index >= 15 is 0 Å². The molecule has 0 saturated carbocycles. The van der Waals surface area contributed by atoms with Crippen LogP contribution in [0.25, 0.3) is 0 Å². The number of benzene rings is 2. The van der Waals surface area contributed by atoms with Crippen LogP contribution < -0.4 is 16.4 Å². The van der Waals surface area contributed by atoms with E-state index in [9.17, 15) is 18.0 Å². The van der Waals surface area contributed by atoms with Crippen LogP contribution >= 0.6 is 0 Å².